The van der Waals surface area contributed by atoms with Crippen LogP contribution in [0.1, 0.15) is 33.6 Å². The van der Waals surface area contributed by atoms with Gasteiger partial charge in [0.25, 0.3) is 0 Å². The monoisotopic (exact) mass is 243 g/mol. The molecule has 0 bridgehead atoms. The van der Waals surface area contributed by atoms with Crippen molar-refractivity contribution in [3.63, 3.8) is 0 Å². The van der Waals surface area contributed by atoms with Gasteiger partial charge in [-0.1, -0.05) is 18.2 Å². The van der Waals surface area contributed by atoms with E-state index in [9.17, 15) is 10.0 Å². The maximum absolute atomic E-state index is 11.3. The molecule has 0 heterocycles. The molecule has 3 N–H and O–H groups in total. The molecule has 0 rings (SSSR count). The molecule has 0 aromatic rings. The van der Waals surface area contributed by atoms with Crippen LogP contribution in [-0.2, 0) is 4.79 Å². The van der Waals surface area contributed by atoms with Crippen LogP contribution in [0.2, 0.25) is 0 Å². The number of carbonyl (C=O) groups is 1. The SMILES string of the molecule is CCCC(C=C[N+]([O-])=NC(C)C(C)O)C(N)=O. The van der Waals surface area contributed by atoms with Crippen LogP contribution in [-0.4, -0.2) is 28.0 Å². The van der Waals surface area contributed by atoms with E-state index in [2.05, 4.69) is 5.11 Å². The summed E-state index contributed by atoms with van der Waals surface area (Å²) in [5.74, 6) is -0.909. The Morgan fingerprint density at radius 1 is 1.59 bits per heavy atom. The molecule has 6 nitrogen and oxygen atoms in total. The summed E-state index contributed by atoms with van der Waals surface area (Å²) in [6, 6.07) is -0.490. The fraction of sp³-hybridized carbons (Fsp3) is 0.727. The summed E-state index contributed by atoms with van der Waals surface area (Å²) < 4.78 is 0. The lowest BCUT2D eigenvalue weighted by molar-refractivity contribution is -0.463. The lowest BCUT2D eigenvalue weighted by Gasteiger charge is -2.07. The maximum atomic E-state index is 11.3. The normalized spacial score (nSPS) is 18.0. The highest BCUT2D eigenvalue weighted by Gasteiger charge is 2.13. The summed E-state index contributed by atoms with van der Waals surface area (Å²) in [7, 11) is 0. The summed E-state index contributed by atoms with van der Waals surface area (Å²) in [4.78, 5) is 11.4. The number of nitrogens with two attached hydrogens (primary N) is 1. The molecule has 0 aliphatic heterocycles. The number of hydroxylamine groups is 1. The number of hydrogen-bond acceptors (Lipinski definition) is 4. The fourth-order valence-corrected chi connectivity index (χ4v) is 1.14. The number of rotatable bonds is 7. The van der Waals surface area contributed by atoms with Gasteiger partial charge in [-0.05, 0) is 31.5 Å². The molecular formula is C11H21N3O3. The summed E-state index contributed by atoms with van der Waals surface area (Å²) >= 11 is 0. The minimum atomic E-state index is -0.692. The number of nitrogens with zero attached hydrogens (tertiary/aromatic N) is 2. The first-order chi connectivity index (χ1) is 7.88. The summed E-state index contributed by atoms with van der Waals surface area (Å²) in [6.07, 6.45) is 3.31. The molecule has 0 saturated heterocycles. The van der Waals surface area contributed by atoms with E-state index < -0.39 is 24.0 Å². The van der Waals surface area contributed by atoms with Crippen LogP contribution in [0.3, 0.4) is 0 Å². The molecule has 3 unspecified atom stereocenters. The molecule has 0 fully saturated rings. The van der Waals surface area contributed by atoms with Crippen molar-refractivity contribution in [3.8, 4) is 0 Å². The summed E-state index contributed by atoms with van der Waals surface area (Å²) in [6.45, 7) is 5.11. The molecule has 98 valence electrons. The van der Waals surface area contributed by atoms with Gasteiger partial charge in [0.05, 0.1) is 12.0 Å². The van der Waals surface area contributed by atoms with Gasteiger partial charge in [0.15, 0.2) is 0 Å². The van der Waals surface area contributed by atoms with Crippen LogP contribution in [0.15, 0.2) is 17.4 Å². The molecular weight excluding hydrogens is 222 g/mol. The van der Waals surface area contributed by atoms with E-state index in [1.165, 1.54) is 6.08 Å². The Kier molecular flexibility index (Phi) is 7.13. The number of amides is 1. The van der Waals surface area contributed by atoms with Crippen molar-refractivity contribution >= 4 is 5.91 Å². The van der Waals surface area contributed by atoms with Crippen molar-refractivity contribution < 1.29 is 14.8 Å². The number of azo groups is 1. The van der Waals surface area contributed by atoms with Gasteiger partial charge in [0.2, 0.25) is 12.1 Å². The van der Waals surface area contributed by atoms with Gasteiger partial charge in [-0.3, -0.25) is 4.79 Å². The van der Waals surface area contributed by atoms with E-state index in [0.29, 0.717) is 11.3 Å². The van der Waals surface area contributed by atoms with Gasteiger partial charge in [-0.25, -0.2) is 0 Å². The van der Waals surface area contributed by atoms with Gasteiger partial charge in [-0.15, -0.1) is 0 Å². The standard InChI is InChI=1S/C11H21N3O3/c1-4-5-10(11(12)16)6-7-14(17)13-8(2)9(3)15/h6-10,15H,4-5H2,1-3H3,(H2,12,16). The summed E-state index contributed by atoms with van der Waals surface area (Å²) in [5.41, 5.74) is 5.18. The first-order valence-corrected chi connectivity index (χ1v) is 5.71. The third kappa shape index (κ3) is 6.68. The second-order valence-electron chi connectivity index (χ2n) is 4.04. The minimum Gasteiger partial charge on any atom is -0.595 e. The Labute approximate surface area is 101 Å². The van der Waals surface area contributed by atoms with E-state index in [-0.39, 0.29) is 0 Å². The van der Waals surface area contributed by atoms with Crippen LogP contribution < -0.4 is 5.73 Å². The first-order valence-electron chi connectivity index (χ1n) is 5.71. The van der Waals surface area contributed by atoms with E-state index in [0.717, 1.165) is 12.6 Å². The molecule has 0 spiro atoms. The van der Waals surface area contributed by atoms with E-state index in [4.69, 9.17) is 10.8 Å². The molecule has 0 saturated carbocycles. The van der Waals surface area contributed by atoms with Gasteiger partial charge >= 0.3 is 0 Å². The van der Waals surface area contributed by atoms with Crippen molar-refractivity contribution in [1.29, 1.82) is 0 Å². The van der Waals surface area contributed by atoms with Crippen molar-refractivity contribution in [1.82, 2.24) is 0 Å². The van der Waals surface area contributed by atoms with Crippen LogP contribution >= 0.6 is 0 Å². The van der Waals surface area contributed by atoms with Gasteiger partial charge in [0, 0.05) is 0 Å². The number of hydrogen-bond donors (Lipinski definition) is 2. The number of primary amides is 1. The molecule has 17 heavy (non-hydrogen) atoms. The quantitative estimate of drug-likeness (QED) is 0.398. The van der Waals surface area contributed by atoms with Crippen LogP contribution in [0.25, 0.3) is 0 Å². The number of aliphatic hydroxyl groups excluding tert-OH is 1. The summed E-state index contributed by atoms with van der Waals surface area (Å²) in [5, 5.41) is 24.1. The Hall–Kier alpha value is -1.43. The molecule has 3 atom stereocenters. The zero-order valence-electron chi connectivity index (χ0n) is 10.5. The van der Waals surface area contributed by atoms with Gasteiger partial charge in [0.1, 0.15) is 6.04 Å². The second kappa shape index (κ2) is 7.78. The van der Waals surface area contributed by atoms with E-state index >= 15 is 0 Å². The van der Waals surface area contributed by atoms with Crippen LogP contribution in [0.4, 0.5) is 0 Å². The smallest absolute Gasteiger partial charge is 0.224 e. The van der Waals surface area contributed by atoms with Crippen molar-refractivity contribution in [2.24, 2.45) is 16.8 Å². The highest BCUT2D eigenvalue weighted by atomic mass is 16.5. The average molecular weight is 243 g/mol. The van der Waals surface area contributed by atoms with Gasteiger partial charge < -0.3 is 16.0 Å². The topological polar surface area (TPSA) is 102 Å². The zero-order valence-corrected chi connectivity index (χ0v) is 10.5. The van der Waals surface area contributed by atoms with Crippen molar-refractivity contribution in [2.75, 3.05) is 0 Å². The maximum Gasteiger partial charge on any atom is 0.224 e. The molecule has 0 aliphatic carbocycles. The minimum absolute atomic E-state index is 0.350. The van der Waals surface area contributed by atoms with Crippen molar-refractivity contribution in [3.05, 3.63) is 17.5 Å². The number of aliphatic hydroxyl groups is 1. The van der Waals surface area contributed by atoms with Crippen LogP contribution in [0.5, 0.6) is 0 Å². The molecule has 0 radical (unpaired) electrons. The first kappa shape index (κ1) is 15.6. The van der Waals surface area contributed by atoms with Crippen molar-refractivity contribution in [2.45, 2.75) is 45.8 Å². The molecule has 0 aromatic carbocycles. The Morgan fingerprint density at radius 3 is 2.59 bits per heavy atom. The second-order valence-corrected chi connectivity index (χ2v) is 4.04. The third-order valence-corrected chi connectivity index (χ3v) is 2.41. The largest absolute Gasteiger partial charge is 0.595 e. The molecule has 0 aromatic heterocycles. The third-order valence-electron chi connectivity index (χ3n) is 2.41. The fourth-order valence-electron chi connectivity index (χ4n) is 1.14. The predicted molar refractivity (Wildman–Crippen MR) is 63.9 cm³/mol. The van der Waals surface area contributed by atoms with E-state index in [1.807, 2.05) is 6.92 Å². The molecule has 0 aliphatic rings. The van der Waals surface area contributed by atoms with Crippen LogP contribution in [0, 0.1) is 11.1 Å². The number of carbonyl (C=O) groups excluding carboxylic acids is 1. The highest BCUT2D eigenvalue weighted by molar-refractivity contribution is 5.78. The predicted octanol–water partition coefficient (Wildman–Crippen LogP) is 1.13. The van der Waals surface area contributed by atoms with Gasteiger partial charge in [-0.2, -0.15) is 0 Å². The Morgan fingerprint density at radius 2 is 2.18 bits per heavy atom. The zero-order chi connectivity index (χ0) is 13.4. The highest BCUT2D eigenvalue weighted by Crippen LogP contribution is 2.07. The lowest BCUT2D eigenvalue weighted by Crippen LogP contribution is -2.22. The average Bonchev–Trinajstić information content (AvgIpc) is 2.23. The lowest BCUT2D eigenvalue weighted by atomic mass is 10.0. The molecule has 6 heteroatoms. The Balaban J connectivity index is 4.52. The Bertz CT molecular complexity index is 300. The van der Waals surface area contributed by atoms with E-state index in [1.54, 1.807) is 13.8 Å². The molecule has 1 amide bonds.